The molecule has 0 spiro atoms. The van der Waals surface area contributed by atoms with Gasteiger partial charge >= 0.3 is 0 Å². The Morgan fingerprint density at radius 2 is 2.10 bits per heavy atom. The summed E-state index contributed by atoms with van der Waals surface area (Å²) in [5.41, 5.74) is 6.08. The Labute approximate surface area is 125 Å². The number of aromatic nitrogens is 2. The number of nitrogens with two attached hydrogens (primary N) is 1. The zero-order chi connectivity index (χ0) is 15.4. The van der Waals surface area contributed by atoms with Crippen molar-refractivity contribution in [3.63, 3.8) is 0 Å². The molecule has 0 saturated heterocycles. The van der Waals surface area contributed by atoms with Crippen LogP contribution in [0.4, 0.5) is 20.4 Å². The largest absolute Gasteiger partial charge is 0.382 e. The summed E-state index contributed by atoms with van der Waals surface area (Å²) in [6.07, 6.45) is 1.25. The number of anilines is 2. The van der Waals surface area contributed by atoms with Crippen molar-refractivity contribution in [1.29, 1.82) is 0 Å². The van der Waals surface area contributed by atoms with Crippen LogP contribution in [0.25, 0.3) is 0 Å². The predicted octanol–water partition coefficient (Wildman–Crippen LogP) is 2.79. The van der Waals surface area contributed by atoms with Gasteiger partial charge in [-0.3, -0.25) is 0 Å². The highest BCUT2D eigenvalue weighted by molar-refractivity contribution is 6.35. The predicted molar refractivity (Wildman–Crippen MR) is 76.1 cm³/mol. The van der Waals surface area contributed by atoms with Gasteiger partial charge in [-0.2, -0.15) is 0 Å². The minimum atomic E-state index is -0.941. The lowest BCUT2D eigenvalue weighted by atomic mass is 10.1. The second-order valence-electron chi connectivity index (χ2n) is 4.25. The summed E-state index contributed by atoms with van der Waals surface area (Å²) in [6.45, 7) is 0.200. The van der Waals surface area contributed by atoms with Crippen molar-refractivity contribution >= 4 is 23.2 Å². The number of hydrogen-bond acceptors (Lipinski definition) is 5. The third-order valence-corrected chi connectivity index (χ3v) is 3.18. The fourth-order valence-corrected chi connectivity index (χ4v) is 1.92. The van der Waals surface area contributed by atoms with E-state index in [0.29, 0.717) is 5.56 Å². The second-order valence-corrected chi connectivity index (χ2v) is 4.63. The highest BCUT2D eigenvalue weighted by atomic mass is 35.5. The van der Waals surface area contributed by atoms with Crippen LogP contribution in [0.1, 0.15) is 11.6 Å². The van der Waals surface area contributed by atoms with E-state index >= 15 is 0 Å². The molecule has 2 rings (SSSR count). The number of benzene rings is 1. The van der Waals surface area contributed by atoms with Crippen molar-refractivity contribution in [2.45, 2.75) is 6.04 Å². The van der Waals surface area contributed by atoms with E-state index in [1.807, 2.05) is 0 Å². The van der Waals surface area contributed by atoms with E-state index in [0.717, 1.165) is 12.1 Å². The Bertz CT molecular complexity index is 642. The van der Waals surface area contributed by atoms with Crippen LogP contribution in [0.5, 0.6) is 0 Å². The van der Waals surface area contributed by atoms with Crippen molar-refractivity contribution < 1.29 is 13.5 Å². The van der Waals surface area contributed by atoms with Crippen LogP contribution in [0.3, 0.4) is 0 Å². The molecule has 21 heavy (non-hydrogen) atoms. The number of hydrogen-bond donors (Lipinski definition) is 2. The Hall–Kier alpha value is -1.99. The first-order valence-corrected chi connectivity index (χ1v) is 6.37. The molecule has 8 heteroatoms. The standard InChI is InChI=1S/C13H13ClF2N4O/c1-21-5-10(7-2-3-8(15)9(16)4-7)20-13-11(14)12(17)18-6-19-13/h2-4,6,10H,5H2,1H3,(H3,17,18,19,20)/t10-/m0/s1. The van der Waals surface area contributed by atoms with Gasteiger partial charge in [0.25, 0.3) is 0 Å². The molecular formula is C13H13ClF2N4O. The lowest BCUT2D eigenvalue weighted by molar-refractivity contribution is 0.186. The monoisotopic (exact) mass is 314 g/mol. The number of nitrogens with one attached hydrogen (secondary N) is 1. The molecule has 0 aliphatic rings. The molecule has 5 nitrogen and oxygen atoms in total. The number of rotatable bonds is 5. The van der Waals surface area contributed by atoms with Crippen LogP contribution >= 0.6 is 11.6 Å². The van der Waals surface area contributed by atoms with E-state index in [1.54, 1.807) is 0 Å². The molecule has 1 atom stereocenters. The first-order chi connectivity index (χ1) is 10.0. The molecule has 112 valence electrons. The maximum absolute atomic E-state index is 13.3. The molecule has 3 N–H and O–H groups in total. The van der Waals surface area contributed by atoms with E-state index in [2.05, 4.69) is 15.3 Å². The van der Waals surface area contributed by atoms with Gasteiger partial charge in [-0.05, 0) is 17.7 Å². The van der Waals surface area contributed by atoms with Crippen molar-refractivity contribution in [3.05, 3.63) is 46.7 Å². The van der Waals surface area contributed by atoms with E-state index in [9.17, 15) is 8.78 Å². The molecule has 0 aliphatic carbocycles. The van der Waals surface area contributed by atoms with E-state index in [4.69, 9.17) is 22.1 Å². The number of nitrogen functional groups attached to an aromatic ring is 1. The van der Waals surface area contributed by atoms with Gasteiger partial charge in [-0.15, -0.1) is 0 Å². The minimum absolute atomic E-state index is 0.121. The van der Waals surface area contributed by atoms with Crippen molar-refractivity contribution in [2.24, 2.45) is 0 Å². The average Bonchev–Trinajstić information content (AvgIpc) is 2.46. The summed E-state index contributed by atoms with van der Waals surface area (Å²) in [5.74, 6) is -1.45. The van der Waals surface area contributed by atoms with Gasteiger partial charge in [0, 0.05) is 7.11 Å². The maximum atomic E-state index is 13.3. The smallest absolute Gasteiger partial charge is 0.159 e. The lowest BCUT2D eigenvalue weighted by Gasteiger charge is -2.20. The van der Waals surface area contributed by atoms with Crippen LogP contribution in [0, 0.1) is 11.6 Å². The fourth-order valence-electron chi connectivity index (χ4n) is 1.77. The number of ether oxygens (including phenoxy) is 1. The number of methoxy groups -OCH3 is 1. The Kier molecular flexibility index (Phi) is 4.87. The first-order valence-electron chi connectivity index (χ1n) is 5.99. The molecule has 1 aromatic carbocycles. The summed E-state index contributed by atoms with van der Waals surface area (Å²) >= 11 is 5.99. The summed E-state index contributed by atoms with van der Waals surface area (Å²) in [5, 5.41) is 3.13. The van der Waals surface area contributed by atoms with Crippen LogP contribution < -0.4 is 11.1 Å². The van der Waals surface area contributed by atoms with Gasteiger partial charge in [0.2, 0.25) is 0 Å². The van der Waals surface area contributed by atoms with Crippen LogP contribution in [0.15, 0.2) is 24.5 Å². The number of halogens is 3. The molecule has 2 aromatic rings. The van der Waals surface area contributed by atoms with Gasteiger partial charge in [-0.25, -0.2) is 18.7 Å². The maximum Gasteiger partial charge on any atom is 0.159 e. The molecule has 1 heterocycles. The van der Waals surface area contributed by atoms with Gasteiger partial charge in [0.15, 0.2) is 17.5 Å². The minimum Gasteiger partial charge on any atom is -0.382 e. The lowest BCUT2D eigenvalue weighted by Crippen LogP contribution is -2.18. The highest BCUT2D eigenvalue weighted by Crippen LogP contribution is 2.28. The van der Waals surface area contributed by atoms with Crippen molar-refractivity contribution in [2.75, 3.05) is 24.8 Å². The first kappa shape index (κ1) is 15.4. The van der Waals surface area contributed by atoms with Crippen LogP contribution in [0.2, 0.25) is 5.02 Å². The molecule has 1 aromatic heterocycles. The molecule has 0 aliphatic heterocycles. The number of nitrogens with zero attached hydrogens (tertiary/aromatic N) is 2. The highest BCUT2D eigenvalue weighted by Gasteiger charge is 2.17. The zero-order valence-corrected chi connectivity index (χ0v) is 11.9. The Morgan fingerprint density at radius 1 is 1.33 bits per heavy atom. The second kappa shape index (κ2) is 6.64. The topological polar surface area (TPSA) is 73.1 Å². The van der Waals surface area contributed by atoms with E-state index in [1.165, 1.54) is 19.5 Å². The van der Waals surface area contributed by atoms with Gasteiger partial charge in [0.05, 0.1) is 12.6 Å². The average molecular weight is 315 g/mol. The van der Waals surface area contributed by atoms with Gasteiger partial charge in [-0.1, -0.05) is 17.7 Å². The van der Waals surface area contributed by atoms with E-state index in [-0.39, 0.29) is 23.3 Å². The van der Waals surface area contributed by atoms with Gasteiger partial charge in [0.1, 0.15) is 17.2 Å². The van der Waals surface area contributed by atoms with Crippen LogP contribution in [-0.4, -0.2) is 23.7 Å². The molecule has 0 unspecified atom stereocenters. The van der Waals surface area contributed by atoms with Gasteiger partial charge < -0.3 is 15.8 Å². The molecule has 0 amide bonds. The summed E-state index contributed by atoms with van der Waals surface area (Å²) < 4.78 is 31.4. The normalized spacial score (nSPS) is 12.2. The summed E-state index contributed by atoms with van der Waals surface area (Å²) in [4.78, 5) is 7.71. The third kappa shape index (κ3) is 3.56. The van der Waals surface area contributed by atoms with Crippen molar-refractivity contribution in [1.82, 2.24) is 9.97 Å². The molecular weight excluding hydrogens is 302 g/mol. The van der Waals surface area contributed by atoms with Crippen LogP contribution in [-0.2, 0) is 4.74 Å². The molecule has 0 bridgehead atoms. The molecule has 0 fully saturated rings. The quantitative estimate of drug-likeness (QED) is 0.888. The molecule has 0 radical (unpaired) electrons. The SMILES string of the molecule is COC[C@H](Nc1ncnc(N)c1Cl)c1ccc(F)c(F)c1. The Morgan fingerprint density at radius 3 is 2.76 bits per heavy atom. The fraction of sp³-hybridized carbons (Fsp3) is 0.231. The summed E-state index contributed by atoms with van der Waals surface area (Å²) in [7, 11) is 1.49. The Balaban J connectivity index is 2.30. The third-order valence-electron chi connectivity index (χ3n) is 2.81. The van der Waals surface area contributed by atoms with Crippen molar-refractivity contribution in [3.8, 4) is 0 Å². The molecule has 0 saturated carbocycles. The summed E-state index contributed by atoms with van der Waals surface area (Å²) in [6, 6.07) is 3.11. The zero-order valence-electron chi connectivity index (χ0n) is 11.1. The van der Waals surface area contributed by atoms with E-state index < -0.39 is 17.7 Å².